The van der Waals surface area contributed by atoms with Crippen molar-refractivity contribution in [2.24, 2.45) is 0 Å². The van der Waals surface area contributed by atoms with Crippen molar-refractivity contribution >= 4 is 5.91 Å². The van der Waals surface area contributed by atoms with Crippen molar-refractivity contribution in [2.75, 3.05) is 6.54 Å². The van der Waals surface area contributed by atoms with Crippen LogP contribution >= 0.6 is 0 Å². The van der Waals surface area contributed by atoms with Crippen molar-refractivity contribution < 1.29 is 9.18 Å². The van der Waals surface area contributed by atoms with E-state index in [4.69, 9.17) is 0 Å². The van der Waals surface area contributed by atoms with E-state index < -0.39 is 0 Å². The molecular weight excluding hydrogens is 245 g/mol. The largest absolute Gasteiger partial charge is 0.352 e. The summed E-state index contributed by atoms with van der Waals surface area (Å²) in [6.45, 7) is 1.51. The van der Waals surface area contributed by atoms with Crippen molar-refractivity contribution in [3.8, 4) is 0 Å². The summed E-state index contributed by atoms with van der Waals surface area (Å²) in [6, 6.07) is 5.54. The Morgan fingerprint density at radius 1 is 1.26 bits per heavy atom. The van der Waals surface area contributed by atoms with Gasteiger partial charge in [-0.25, -0.2) is 9.37 Å². The fourth-order valence-corrected chi connectivity index (χ4v) is 1.74. The van der Waals surface area contributed by atoms with Gasteiger partial charge in [-0.3, -0.25) is 4.79 Å². The second kappa shape index (κ2) is 6.68. The molecule has 0 aliphatic carbocycles. The van der Waals surface area contributed by atoms with E-state index in [1.165, 1.54) is 24.3 Å². The summed E-state index contributed by atoms with van der Waals surface area (Å²) in [7, 11) is 0. The van der Waals surface area contributed by atoms with Gasteiger partial charge in [-0.1, -0.05) is 0 Å². The standard InChI is InChI=1S/C14H16FN3O/c15-13-5-3-12(4-6-13)14(19)17-7-1-2-9-18-10-8-16-11-18/h3-6,8,10-11H,1-2,7,9H2,(H,17,19). The van der Waals surface area contributed by atoms with Gasteiger partial charge in [-0.05, 0) is 37.1 Å². The lowest BCUT2D eigenvalue weighted by molar-refractivity contribution is 0.0953. The Balaban J connectivity index is 1.65. The first-order valence-corrected chi connectivity index (χ1v) is 6.25. The van der Waals surface area contributed by atoms with Crippen LogP contribution in [0.25, 0.3) is 0 Å². The van der Waals surface area contributed by atoms with E-state index in [0.29, 0.717) is 12.1 Å². The molecule has 1 amide bonds. The molecule has 1 N–H and O–H groups in total. The maximum Gasteiger partial charge on any atom is 0.251 e. The predicted octanol–water partition coefficient (Wildman–Crippen LogP) is 2.23. The number of carbonyl (C=O) groups excluding carboxylic acids is 1. The minimum Gasteiger partial charge on any atom is -0.352 e. The molecule has 1 aromatic carbocycles. The average molecular weight is 261 g/mol. The van der Waals surface area contributed by atoms with E-state index in [0.717, 1.165) is 19.4 Å². The molecule has 0 aliphatic rings. The first-order valence-electron chi connectivity index (χ1n) is 6.25. The molecule has 2 aromatic rings. The minimum atomic E-state index is -0.336. The smallest absolute Gasteiger partial charge is 0.251 e. The molecule has 0 saturated heterocycles. The van der Waals surface area contributed by atoms with Gasteiger partial charge in [0.15, 0.2) is 0 Å². The Morgan fingerprint density at radius 3 is 2.74 bits per heavy atom. The molecule has 0 bridgehead atoms. The lowest BCUT2D eigenvalue weighted by Crippen LogP contribution is -2.24. The molecule has 2 rings (SSSR count). The summed E-state index contributed by atoms with van der Waals surface area (Å²) in [6.07, 6.45) is 7.30. The number of nitrogens with one attached hydrogen (secondary N) is 1. The quantitative estimate of drug-likeness (QED) is 0.811. The maximum atomic E-state index is 12.7. The molecule has 0 fully saturated rings. The number of unbranched alkanes of at least 4 members (excludes halogenated alkanes) is 1. The molecule has 1 aromatic heterocycles. The third kappa shape index (κ3) is 4.21. The number of carbonyl (C=O) groups is 1. The summed E-state index contributed by atoms with van der Waals surface area (Å²) < 4.78 is 14.7. The van der Waals surface area contributed by atoms with Crippen molar-refractivity contribution in [2.45, 2.75) is 19.4 Å². The SMILES string of the molecule is O=C(NCCCCn1ccnc1)c1ccc(F)cc1. The van der Waals surface area contributed by atoms with E-state index in [2.05, 4.69) is 10.3 Å². The first kappa shape index (κ1) is 13.3. The van der Waals surface area contributed by atoms with Gasteiger partial charge in [0.2, 0.25) is 0 Å². The summed E-state index contributed by atoms with van der Waals surface area (Å²) >= 11 is 0. The number of amides is 1. The third-order valence-corrected chi connectivity index (χ3v) is 2.79. The predicted molar refractivity (Wildman–Crippen MR) is 70.2 cm³/mol. The number of hydrogen-bond acceptors (Lipinski definition) is 2. The number of aryl methyl sites for hydroxylation is 1. The van der Waals surface area contributed by atoms with Gasteiger partial charge in [-0.2, -0.15) is 0 Å². The molecule has 19 heavy (non-hydrogen) atoms. The van der Waals surface area contributed by atoms with Crippen LogP contribution in [0, 0.1) is 5.82 Å². The van der Waals surface area contributed by atoms with Gasteiger partial charge in [0.05, 0.1) is 6.33 Å². The Morgan fingerprint density at radius 2 is 2.05 bits per heavy atom. The van der Waals surface area contributed by atoms with E-state index in [1.54, 1.807) is 12.5 Å². The molecule has 1 heterocycles. The van der Waals surface area contributed by atoms with Crippen LogP contribution in [0.2, 0.25) is 0 Å². The van der Waals surface area contributed by atoms with Crippen LogP contribution in [0.3, 0.4) is 0 Å². The van der Waals surface area contributed by atoms with E-state index in [9.17, 15) is 9.18 Å². The Bertz CT molecular complexity index is 508. The highest BCUT2D eigenvalue weighted by Gasteiger charge is 2.04. The minimum absolute atomic E-state index is 0.164. The molecule has 0 aliphatic heterocycles. The summed E-state index contributed by atoms with van der Waals surface area (Å²) in [4.78, 5) is 15.7. The lowest BCUT2D eigenvalue weighted by atomic mass is 10.2. The monoisotopic (exact) mass is 261 g/mol. The van der Waals surface area contributed by atoms with Gasteiger partial charge in [0.25, 0.3) is 5.91 Å². The van der Waals surface area contributed by atoms with Gasteiger partial charge in [-0.15, -0.1) is 0 Å². The third-order valence-electron chi connectivity index (χ3n) is 2.79. The normalized spacial score (nSPS) is 10.4. The van der Waals surface area contributed by atoms with Crippen LogP contribution in [0.4, 0.5) is 4.39 Å². The average Bonchev–Trinajstić information content (AvgIpc) is 2.92. The van der Waals surface area contributed by atoms with Gasteiger partial charge in [0.1, 0.15) is 5.82 Å². The van der Waals surface area contributed by atoms with Gasteiger partial charge in [0, 0.05) is 31.0 Å². The van der Waals surface area contributed by atoms with Crippen LogP contribution in [0.5, 0.6) is 0 Å². The zero-order valence-electron chi connectivity index (χ0n) is 10.6. The summed E-state index contributed by atoms with van der Waals surface area (Å²) in [5, 5.41) is 2.81. The van der Waals surface area contributed by atoms with Crippen LogP contribution in [0.1, 0.15) is 23.2 Å². The number of benzene rings is 1. The Labute approximate surface area is 111 Å². The number of halogens is 1. The second-order valence-corrected chi connectivity index (χ2v) is 4.27. The molecular formula is C14H16FN3O. The highest BCUT2D eigenvalue weighted by molar-refractivity contribution is 5.94. The van der Waals surface area contributed by atoms with Crippen molar-refractivity contribution in [3.05, 3.63) is 54.4 Å². The highest BCUT2D eigenvalue weighted by Crippen LogP contribution is 2.02. The number of nitrogens with zero attached hydrogens (tertiary/aromatic N) is 2. The Kier molecular flexibility index (Phi) is 4.66. The molecule has 0 unspecified atom stereocenters. The van der Waals surface area contributed by atoms with Gasteiger partial charge >= 0.3 is 0 Å². The fraction of sp³-hybridized carbons (Fsp3) is 0.286. The van der Waals surface area contributed by atoms with Crippen molar-refractivity contribution in [1.29, 1.82) is 0 Å². The molecule has 0 atom stereocenters. The molecule has 4 nitrogen and oxygen atoms in total. The van der Waals surface area contributed by atoms with Crippen LogP contribution in [0.15, 0.2) is 43.0 Å². The maximum absolute atomic E-state index is 12.7. The summed E-state index contributed by atoms with van der Waals surface area (Å²) in [5.41, 5.74) is 0.482. The summed E-state index contributed by atoms with van der Waals surface area (Å²) in [5.74, 6) is -0.500. The number of aromatic nitrogens is 2. The Hall–Kier alpha value is -2.17. The van der Waals surface area contributed by atoms with Gasteiger partial charge < -0.3 is 9.88 Å². The first-order chi connectivity index (χ1) is 9.25. The van der Waals surface area contributed by atoms with Crippen molar-refractivity contribution in [1.82, 2.24) is 14.9 Å². The van der Waals surface area contributed by atoms with Crippen LogP contribution < -0.4 is 5.32 Å². The molecule has 100 valence electrons. The van der Waals surface area contributed by atoms with Crippen molar-refractivity contribution in [3.63, 3.8) is 0 Å². The number of rotatable bonds is 6. The highest BCUT2D eigenvalue weighted by atomic mass is 19.1. The second-order valence-electron chi connectivity index (χ2n) is 4.27. The fourth-order valence-electron chi connectivity index (χ4n) is 1.74. The lowest BCUT2D eigenvalue weighted by Gasteiger charge is -2.05. The molecule has 0 radical (unpaired) electrons. The number of hydrogen-bond donors (Lipinski definition) is 1. The van der Waals surface area contributed by atoms with Crippen LogP contribution in [-0.4, -0.2) is 22.0 Å². The van der Waals surface area contributed by atoms with Crippen LogP contribution in [-0.2, 0) is 6.54 Å². The van der Waals surface area contributed by atoms with E-state index in [-0.39, 0.29) is 11.7 Å². The zero-order valence-corrected chi connectivity index (χ0v) is 10.6. The topological polar surface area (TPSA) is 46.9 Å². The molecule has 5 heteroatoms. The number of imidazole rings is 1. The van der Waals surface area contributed by atoms with E-state index in [1.807, 2.05) is 10.8 Å². The zero-order chi connectivity index (χ0) is 13.5. The molecule has 0 saturated carbocycles. The van der Waals surface area contributed by atoms with E-state index >= 15 is 0 Å². The molecule has 0 spiro atoms.